The Morgan fingerprint density at radius 3 is 2.41 bits per heavy atom. The van der Waals surface area contributed by atoms with Crippen LogP contribution in [0.25, 0.3) is 10.8 Å². The highest BCUT2D eigenvalue weighted by Gasteiger charge is 2.69. The van der Waals surface area contributed by atoms with Crippen LogP contribution >= 0.6 is 0 Å². The third-order valence-corrected chi connectivity index (χ3v) is 10.5. The number of hydrogen-bond donors (Lipinski definition) is 2. The van der Waals surface area contributed by atoms with Gasteiger partial charge >= 0.3 is 12.3 Å². The highest BCUT2D eigenvalue weighted by Crippen LogP contribution is 2.59. The van der Waals surface area contributed by atoms with Crippen LogP contribution in [0.1, 0.15) is 80.8 Å². The third-order valence-electron chi connectivity index (χ3n) is 10.5. The molecule has 2 saturated heterocycles. The van der Waals surface area contributed by atoms with Crippen molar-refractivity contribution >= 4 is 46.2 Å². The Morgan fingerprint density at radius 1 is 1.04 bits per heavy atom. The van der Waals surface area contributed by atoms with Gasteiger partial charge in [-0.3, -0.25) is 34.1 Å². The Balaban J connectivity index is 1.14. The lowest BCUT2D eigenvalue weighted by Gasteiger charge is -2.43. The molecule has 1 aromatic heterocycles. The van der Waals surface area contributed by atoms with Gasteiger partial charge in [0.05, 0.1) is 17.4 Å². The number of rotatable bonds is 7. The van der Waals surface area contributed by atoms with E-state index in [9.17, 15) is 37.1 Å². The maximum Gasteiger partial charge on any atom is 0.407 e. The van der Waals surface area contributed by atoms with Gasteiger partial charge in [0.25, 0.3) is 5.91 Å². The summed E-state index contributed by atoms with van der Waals surface area (Å²) in [7, 11) is 0. The number of ether oxygens (including phenoxy) is 1. The van der Waals surface area contributed by atoms with Crippen molar-refractivity contribution in [2.75, 3.05) is 24.5 Å². The first-order valence-electron chi connectivity index (χ1n) is 17.1. The maximum atomic E-state index is 13.8. The number of benzene rings is 2. The number of hydrogen-bond acceptors (Lipinski definition) is 7. The van der Waals surface area contributed by atoms with Crippen LogP contribution in [0.5, 0.6) is 0 Å². The SMILES string of the molecule is CC(C)(C)OC(=O)NCC1(n2cc(Cc3ccc4c5c(cccc35)C(=O)N4C3CCC(=O)NC3=O)cn2)CCN(C(=O)C2(C(F)(F)F)CC2)CC1. The number of alkyl halides is 3. The lowest BCUT2D eigenvalue weighted by molar-refractivity contribution is -0.199. The van der Waals surface area contributed by atoms with E-state index in [1.807, 2.05) is 24.4 Å². The Hall–Kier alpha value is -4.95. The molecule has 4 aliphatic rings. The van der Waals surface area contributed by atoms with Crippen LogP contribution in [0.2, 0.25) is 0 Å². The average Bonchev–Trinajstić information content (AvgIpc) is 3.69. The van der Waals surface area contributed by atoms with Crippen molar-refractivity contribution in [3.8, 4) is 0 Å². The molecule has 270 valence electrons. The molecule has 0 bridgehead atoms. The van der Waals surface area contributed by atoms with E-state index >= 15 is 0 Å². The van der Waals surface area contributed by atoms with Crippen LogP contribution in [-0.2, 0) is 31.1 Å². The molecule has 0 radical (unpaired) electrons. The highest BCUT2D eigenvalue weighted by atomic mass is 19.4. The molecule has 3 fully saturated rings. The zero-order chi connectivity index (χ0) is 36.5. The van der Waals surface area contributed by atoms with Gasteiger partial charge in [-0.15, -0.1) is 0 Å². The number of nitrogens with one attached hydrogen (secondary N) is 2. The predicted octanol–water partition coefficient (Wildman–Crippen LogP) is 4.58. The van der Waals surface area contributed by atoms with Crippen molar-refractivity contribution in [2.24, 2.45) is 5.41 Å². The van der Waals surface area contributed by atoms with Crippen LogP contribution in [0.3, 0.4) is 0 Å². The smallest absolute Gasteiger partial charge is 0.407 e. The summed E-state index contributed by atoms with van der Waals surface area (Å²) in [5.41, 5.74) is -1.11. The zero-order valence-electron chi connectivity index (χ0n) is 28.6. The van der Waals surface area contributed by atoms with E-state index in [2.05, 4.69) is 15.7 Å². The summed E-state index contributed by atoms with van der Waals surface area (Å²) >= 11 is 0. The number of anilines is 1. The van der Waals surface area contributed by atoms with Crippen molar-refractivity contribution < 1.29 is 41.9 Å². The van der Waals surface area contributed by atoms with Gasteiger partial charge in [-0.05, 0) is 81.5 Å². The van der Waals surface area contributed by atoms with Crippen LogP contribution in [0, 0.1) is 5.41 Å². The summed E-state index contributed by atoms with van der Waals surface area (Å²) in [6.07, 6.45) is -0.836. The van der Waals surface area contributed by atoms with Gasteiger partial charge in [-0.2, -0.15) is 18.3 Å². The van der Waals surface area contributed by atoms with Crippen LogP contribution < -0.4 is 15.5 Å². The molecule has 3 aromatic rings. The van der Waals surface area contributed by atoms with E-state index in [0.29, 0.717) is 17.7 Å². The number of imide groups is 1. The summed E-state index contributed by atoms with van der Waals surface area (Å²) in [6, 6.07) is 8.33. The van der Waals surface area contributed by atoms with Gasteiger partial charge in [-0.1, -0.05) is 18.2 Å². The normalized spacial score (nSPS) is 21.1. The summed E-state index contributed by atoms with van der Waals surface area (Å²) in [5, 5.41) is 11.4. The number of halogens is 3. The quantitative estimate of drug-likeness (QED) is 0.343. The van der Waals surface area contributed by atoms with E-state index in [4.69, 9.17) is 4.74 Å². The molecule has 2 aromatic carbocycles. The molecule has 4 heterocycles. The van der Waals surface area contributed by atoms with Gasteiger partial charge in [0, 0.05) is 49.6 Å². The number of nitrogens with zero attached hydrogens (tertiary/aromatic N) is 4. The molecule has 12 nitrogen and oxygen atoms in total. The minimum absolute atomic E-state index is 0.0639. The molecule has 1 aliphatic carbocycles. The molecule has 15 heteroatoms. The average molecular weight is 709 g/mol. The molecular weight excluding hydrogens is 669 g/mol. The van der Waals surface area contributed by atoms with Crippen molar-refractivity contribution in [1.82, 2.24) is 25.3 Å². The summed E-state index contributed by atoms with van der Waals surface area (Å²) in [5.74, 6) is -2.07. The van der Waals surface area contributed by atoms with Gasteiger partial charge in [0.1, 0.15) is 17.1 Å². The summed E-state index contributed by atoms with van der Waals surface area (Å²) < 4.78 is 48.5. The first kappa shape index (κ1) is 34.5. The lowest BCUT2D eigenvalue weighted by Crippen LogP contribution is -2.56. The van der Waals surface area contributed by atoms with E-state index < -0.39 is 46.7 Å². The number of carbonyl (C=O) groups excluding carboxylic acids is 5. The van der Waals surface area contributed by atoms with Crippen LogP contribution in [0.15, 0.2) is 42.7 Å². The first-order chi connectivity index (χ1) is 24.0. The topological polar surface area (TPSA) is 143 Å². The Labute approximate surface area is 291 Å². The van der Waals surface area contributed by atoms with Gasteiger partial charge < -0.3 is 15.0 Å². The third kappa shape index (κ3) is 6.09. The zero-order valence-corrected chi connectivity index (χ0v) is 28.6. The highest BCUT2D eigenvalue weighted by molar-refractivity contribution is 6.27. The number of piperidine rings is 2. The second-order valence-electron chi connectivity index (χ2n) is 15.0. The molecule has 0 spiro atoms. The van der Waals surface area contributed by atoms with Crippen molar-refractivity contribution in [3.63, 3.8) is 0 Å². The molecule has 1 unspecified atom stereocenters. The van der Waals surface area contributed by atoms with E-state index in [1.54, 1.807) is 43.8 Å². The Morgan fingerprint density at radius 2 is 1.76 bits per heavy atom. The summed E-state index contributed by atoms with van der Waals surface area (Å²) in [4.78, 5) is 66.6. The minimum Gasteiger partial charge on any atom is -0.444 e. The molecule has 2 N–H and O–H groups in total. The van der Waals surface area contributed by atoms with Crippen LogP contribution in [0.4, 0.5) is 23.7 Å². The minimum atomic E-state index is -4.60. The second-order valence-corrected chi connectivity index (χ2v) is 15.0. The van der Waals surface area contributed by atoms with Gasteiger partial charge in [0.2, 0.25) is 17.7 Å². The lowest BCUT2D eigenvalue weighted by atomic mass is 9.86. The fourth-order valence-corrected chi connectivity index (χ4v) is 7.60. The van der Waals surface area contributed by atoms with Gasteiger partial charge in [0.15, 0.2) is 0 Å². The Kier molecular flexibility index (Phi) is 8.17. The monoisotopic (exact) mass is 708 g/mol. The number of aromatic nitrogens is 2. The van der Waals surface area contributed by atoms with Gasteiger partial charge in [-0.25, -0.2) is 4.79 Å². The van der Waals surface area contributed by atoms with E-state index in [-0.39, 0.29) is 70.0 Å². The number of amides is 5. The number of carbonyl (C=O) groups is 5. The summed E-state index contributed by atoms with van der Waals surface area (Å²) in [6.45, 7) is 5.42. The molecule has 5 amide bonds. The Bertz CT molecular complexity index is 1950. The van der Waals surface area contributed by atoms with E-state index in [1.165, 1.54) is 9.80 Å². The van der Waals surface area contributed by atoms with E-state index in [0.717, 1.165) is 21.9 Å². The van der Waals surface area contributed by atoms with Crippen molar-refractivity contribution in [2.45, 2.75) is 89.1 Å². The van der Waals surface area contributed by atoms with Crippen LogP contribution in [-0.4, -0.2) is 81.9 Å². The molecule has 1 saturated carbocycles. The molecule has 1 atom stereocenters. The fourth-order valence-electron chi connectivity index (χ4n) is 7.60. The number of alkyl carbamates (subject to hydrolysis) is 1. The fraction of sp³-hybridized carbons (Fsp3) is 0.500. The molecule has 3 aliphatic heterocycles. The van der Waals surface area contributed by atoms with Crippen molar-refractivity contribution in [3.05, 3.63) is 59.4 Å². The largest absolute Gasteiger partial charge is 0.444 e. The standard InChI is InChI=1S/C36H39F3N6O6/c1-33(2,3)51-32(50)40-20-34(13-15-43(16-14-34)31(49)35(11-12-35)36(37,38)39)44-19-21(18-41-44)17-22-7-8-25-28-23(22)5-4-6-24(28)30(48)45(25)26-9-10-27(46)42-29(26)47/h4-8,18-19,26H,9-17,20H2,1-3H3,(H,40,50)(H,42,46,47). The van der Waals surface area contributed by atoms with Crippen molar-refractivity contribution in [1.29, 1.82) is 0 Å². The second kappa shape index (κ2) is 12.1. The molecular formula is C36H39F3N6O6. The number of likely N-dealkylation sites (tertiary alicyclic amines) is 1. The predicted molar refractivity (Wildman–Crippen MR) is 178 cm³/mol. The first-order valence-corrected chi connectivity index (χ1v) is 17.1. The molecule has 51 heavy (non-hydrogen) atoms. The maximum absolute atomic E-state index is 13.8. The molecule has 7 rings (SSSR count).